The molecule has 15 heavy (non-hydrogen) atoms. The van der Waals surface area contributed by atoms with Gasteiger partial charge in [-0.15, -0.1) is 0 Å². The monoisotopic (exact) mass is 211 g/mol. The topological polar surface area (TPSA) is 57.6 Å². The van der Waals surface area contributed by atoms with Crippen LogP contribution in [-0.2, 0) is 9.59 Å². The van der Waals surface area contributed by atoms with Gasteiger partial charge in [0, 0.05) is 19.2 Å². The van der Waals surface area contributed by atoms with Crippen molar-refractivity contribution in [3.63, 3.8) is 0 Å². The summed E-state index contributed by atoms with van der Waals surface area (Å²) in [5.74, 6) is -1.26. The SMILES string of the molecule is CC(C)=CC(=O)N1CCCC(C(=O)O)C1. The molecule has 1 N–H and O–H groups in total. The summed E-state index contributed by atoms with van der Waals surface area (Å²) in [7, 11) is 0. The minimum absolute atomic E-state index is 0.0686. The molecule has 0 radical (unpaired) electrons. The fourth-order valence-electron chi connectivity index (χ4n) is 1.72. The third-order valence-electron chi connectivity index (χ3n) is 2.49. The largest absolute Gasteiger partial charge is 0.481 e. The highest BCUT2D eigenvalue weighted by Gasteiger charge is 2.27. The van der Waals surface area contributed by atoms with E-state index in [1.165, 1.54) is 0 Å². The van der Waals surface area contributed by atoms with E-state index in [0.29, 0.717) is 19.5 Å². The molecule has 0 aromatic heterocycles. The van der Waals surface area contributed by atoms with Crippen LogP contribution in [0.5, 0.6) is 0 Å². The minimum atomic E-state index is -0.801. The first kappa shape index (κ1) is 11.8. The Morgan fingerprint density at radius 1 is 1.40 bits per heavy atom. The van der Waals surface area contributed by atoms with E-state index < -0.39 is 11.9 Å². The third kappa shape index (κ3) is 3.38. The normalized spacial score (nSPS) is 20.9. The van der Waals surface area contributed by atoms with E-state index in [0.717, 1.165) is 12.0 Å². The average molecular weight is 211 g/mol. The van der Waals surface area contributed by atoms with Gasteiger partial charge in [0.2, 0.25) is 5.91 Å². The number of rotatable bonds is 2. The summed E-state index contributed by atoms with van der Waals surface area (Å²) in [5.41, 5.74) is 0.942. The van der Waals surface area contributed by atoms with Crippen molar-refractivity contribution < 1.29 is 14.7 Å². The number of carbonyl (C=O) groups is 2. The maximum atomic E-state index is 11.6. The molecular weight excluding hydrogens is 194 g/mol. The molecule has 0 aromatic carbocycles. The highest BCUT2D eigenvalue weighted by Crippen LogP contribution is 2.17. The summed E-state index contributed by atoms with van der Waals surface area (Å²) in [6, 6.07) is 0. The highest BCUT2D eigenvalue weighted by molar-refractivity contribution is 5.88. The molecule has 0 aliphatic carbocycles. The highest BCUT2D eigenvalue weighted by atomic mass is 16.4. The Bertz CT molecular complexity index is 292. The molecule has 0 aromatic rings. The smallest absolute Gasteiger partial charge is 0.308 e. The lowest BCUT2D eigenvalue weighted by Gasteiger charge is -2.29. The Morgan fingerprint density at radius 3 is 2.60 bits per heavy atom. The van der Waals surface area contributed by atoms with E-state index in [1.54, 1.807) is 11.0 Å². The molecule has 1 aliphatic rings. The average Bonchev–Trinajstić information content (AvgIpc) is 2.17. The van der Waals surface area contributed by atoms with Crippen LogP contribution in [0, 0.1) is 5.92 Å². The van der Waals surface area contributed by atoms with Crippen molar-refractivity contribution in [2.75, 3.05) is 13.1 Å². The van der Waals surface area contributed by atoms with Crippen LogP contribution < -0.4 is 0 Å². The first-order valence-corrected chi connectivity index (χ1v) is 5.17. The molecule has 1 unspecified atom stereocenters. The van der Waals surface area contributed by atoms with E-state index >= 15 is 0 Å². The number of carbonyl (C=O) groups excluding carboxylic acids is 1. The molecule has 1 rings (SSSR count). The van der Waals surface area contributed by atoms with E-state index in [4.69, 9.17) is 5.11 Å². The minimum Gasteiger partial charge on any atom is -0.481 e. The maximum Gasteiger partial charge on any atom is 0.308 e. The van der Waals surface area contributed by atoms with Crippen LogP contribution in [0.3, 0.4) is 0 Å². The lowest BCUT2D eigenvalue weighted by atomic mass is 9.98. The number of carboxylic acid groups (broad SMARTS) is 1. The van der Waals surface area contributed by atoms with Gasteiger partial charge in [0.15, 0.2) is 0 Å². The lowest BCUT2D eigenvalue weighted by Crippen LogP contribution is -2.41. The van der Waals surface area contributed by atoms with Gasteiger partial charge < -0.3 is 10.0 Å². The summed E-state index contributed by atoms with van der Waals surface area (Å²) in [4.78, 5) is 24.0. The molecule has 0 saturated carbocycles. The van der Waals surface area contributed by atoms with Crippen LogP contribution in [0.25, 0.3) is 0 Å². The third-order valence-corrected chi connectivity index (χ3v) is 2.49. The fourth-order valence-corrected chi connectivity index (χ4v) is 1.72. The number of amides is 1. The van der Waals surface area contributed by atoms with E-state index in [2.05, 4.69) is 0 Å². The Balaban J connectivity index is 2.60. The maximum absolute atomic E-state index is 11.6. The summed E-state index contributed by atoms with van der Waals surface area (Å²) in [6.45, 7) is 4.73. The Hall–Kier alpha value is -1.32. The molecule has 84 valence electrons. The molecule has 1 saturated heterocycles. The predicted molar refractivity (Wildman–Crippen MR) is 56.4 cm³/mol. The summed E-state index contributed by atoms with van der Waals surface area (Å²) >= 11 is 0. The van der Waals surface area contributed by atoms with Crippen LogP contribution in [0.15, 0.2) is 11.6 Å². The van der Waals surface area contributed by atoms with E-state index in [-0.39, 0.29) is 5.91 Å². The van der Waals surface area contributed by atoms with Crippen molar-refractivity contribution in [1.82, 2.24) is 4.90 Å². The van der Waals surface area contributed by atoms with Gasteiger partial charge in [-0.1, -0.05) is 5.57 Å². The number of hydrogen-bond donors (Lipinski definition) is 1. The predicted octanol–water partition coefficient (Wildman–Crippen LogP) is 1.28. The summed E-state index contributed by atoms with van der Waals surface area (Å²) in [6.07, 6.45) is 3.01. The van der Waals surface area contributed by atoms with Crippen molar-refractivity contribution in [2.24, 2.45) is 5.92 Å². The Morgan fingerprint density at radius 2 is 2.07 bits per heavy atom. The molecule has 1 atom stereocenters. The number of carboxylic acids is 1. The Kier molecular flexibility index (Phi) is 3.88. The summed E-state index contributed by atoms with van der Waals surface area (Å²) in [5, 5.41) is 8.87. The van der Waals surface area contributed by atoms with Gasteiger partial charge in [-0.3, -0.25) is 9.59 Å². The Labute approximate surface area is 89.6 Å². The van der Waals surface area contributed by atoms with E-state index in [1.807, 2.05) is 13.8 Å². The second-order valence-electron chi connectivity index (χ2n) is 4.18. The van der Waals surface area contributed by atoms with E-state index in [9.17, 15) is 9.59 Å². The second-order valence-corrected chi connectivity index (χ2v) is 4.18. The molecular formula is C11H17NO3. The molecule has 0 spiro atoms. The van der Waals surface area contributed by atoms with Gasteiger partial charge in [0.1, 0.15) is 0 Å². The zero-order chi connectivity index (χ0) is 11.4. The van der Waals surface area contributed by atoms with Crippen molar-refractivity contribution >= 4 is 11.9 Å². The molecule has 4 heteroatoms. The van der Waals surface area contributed by atoms with Gasteiger partial charge in [-0.2, -0.15) is 0 Å². The number of likely N-dealkylation sites (tertiary alicyclic amines) is 1. The standard InChI is InChI=1S/C11H17NO3/c1-8(2)6-10(13)12-5-3-4-9(7-12)11(14)15/h6,9H,3-5,7H2,1-2H3,(H,14,15). The summed E-state index contributed by atoms with van der Waals surface area (Å²) < 4.78 is 0. The zero-order valence-electron chi connectivity index (χ0n) is 9.19. The second kappa shape index (κ2) is 4.96. The van der Waals surface area contributed by atoms with Crippen molar-refractivity contribution in [1.29, 1.82) is 0 Å². The molecule has 1 fully saturated rings. The fraction of sp³-hybridized carbons (Fsp3) is 0.636. The van der Waals surface area contributed by atoms with Gasteiger partial charge in [-0.05, 0) is 26.7 Å². The van der Waals surface area contributed by atoms with Gasteiger partial charge in [-0.25, -0.2) is 0 Å². The number of piperidine rings is 1. The number of allylic oxidation sites excluding steroid dienone is 1. The number of hydrogen-bond acceptors (Lipinski definition) is 2. The molecule has 1 heterocycles. The zero-order valence-corrected chi connectivity index (χ0v) is 9.19. The first-order chi connectivity index (χ1) is 7.00. The van der Waals surface area contributed by atoms with Crippen molar-refractivity contribution in [3.05, 3.63) is 11.6 Å². The van der Waals surface area contributed by atoms with Gasteiger partial charge in [0.25, 0.3) is 0 Å². The lowest BCUT2D eigenvalue weighted by molar-refractivity contribution is -0.144. The van der Waals surface area contributed by atoms with Gasteiger partial charge >= 0.3 is 5.97 Å². The molecule has 0 bridgehead atoms. The van der Waals surface area contributed by atoms with Gasteiger partial charge in [0.05, 0.1) is 5.92 Å². The number of aliphatic carboxylic acids is 1. The van der Waals surface area contributed by atoms with Crippen LogP contribution in [0.4, 0.5) is 0 Å². The molecule has 1 amide bonds. The quantitative estimate of drug-likeness (QED) is 0.700. The van der Waals surface area contributed by atoms with Crippen LogP contribution in [-0.4, -0.2) is 35.0 Å². The number of nitrogens with zero attached hydrogens (tertiary/aromatic N) is 1. The van der Waals surface area contributed by atoms with Crippen LogP contribution in [0.1, 0.15) is 26.7 Å². The van der Waals surface area contributed by atoms with Crippen molar-refractivity contribution in [3.8, 4) is 0 Å². The molecule has 1 aliphatic heterocycles. The molecule has 4 nitrogen and oxygen atoms in total. The van der Waals surface area contributed by atoms with Crippen molar-refractivity contribution in [2.45, 2.75) is 26.7 Å². The van der Waals surface area contributed by atoms with Crippen LogP contribution in [0.2, 0.25) is 0 Å². The van der Waals surface area contributed by atoms with Crippen LogP contribution >= 0.6 is 0 Å². The first-order valence-electron chi connectivity index (χ1n) is 5.17.